The molecule has 28 heavy (non-hydrogen) atoms. The lowest BCUT2D eigenvalue weighted by molar-refractivity contribution is -0.113. The van der Waals surface area contributed by atoms with Crippen LogP contribution in [0.5, 0.6) is 11.5 Å². The topological polar surface area (TPSA) is 93.3 Å². The van der Waals surface area contributed by atoms with E-state index in [2.05, 4.69) is 15.3 Å². The van der Waals surface area contributed by atoms with E-state index in [1.807, 2.05) is 0 Å². The maximum Gasteiger partial charge on any atom is 0.258 e. The molecule has 0 unspecified atom stereocenters. The molecule has 0 bridgehead atoms. The van der Waals surface area contributed by atoms with Gasteiger partial charge >= 0.3 is 0 Å². The van der Waals surface area contributed by atoms with Crippen molar-refractivity contribution >= 4 is 34.3 Å². The maximum absolute atomic E-state index is 13.6. The van der Waals surface area contributed by atoms with Crippen LogP contribution in [0.1, 0.15) is 5.82 Å². The predicted molar refractivity (Wildman–Crippen MR) is 107 cm³/mol. The predicted octanol–water partition coefficient (Wildman–Crippen LogP) is 2.95. The number of anilines is 1. The number of nitrogens with one attached hydrogen (secondary N) is 2. The van der Waals surface area contributed by atoms with Crippen LogP contribution in [0.4, 0.5) is 10.1 Å². The van der Waals surface area contributed by atoms with Gasteiger partial charge in [0.1, 0.15) is 11.6 Å². The number of hydrogen-bond acceptors (Lipinski definition) is 6. The molecule has 0 aliphatic carbocycles. The molecule has 0 saturated carbocycles. The number of hydrogen-bond donors (Lipinski definition) is 2. The molecule has 3 rings (SSSR count). The number of aromatic amines is 1. The van der Waals surface area contributed by atoms with E-state index in [0.29, 0.717) is 34.0 Å². The third-order valence-corrected chi connectivity index (χ3v) is 4.82. The van der Waals surface area contributed by atoms with Gasteiger partial charge in [-0.2, -0.15) is 0 Å². The van der Waals surface area contributed by atoms with E-state index >= 15 is 0 Å². The monoisotopic (exact) mass is 403 g/mol. The second-order valence-corrected chi connectivity index (χ2v) is 6.74. The first-order valence-corrected chi connectivity index (χ1v) is 9.44. The molecule has 0 spiro atoms. The molecule has 1 aromatic heterocycles. The lowest BCUT2D eigenvalue weighted by Gasteiger charge is -2.09. The van der Waals surface area contributed by atoms with E-state index in [0.717, 1.165) is 0 Å². The highest BCUT2D eigenvalue weighted by Gasteiger charge is 2.12. The number of carbonyl (C=O) groups excluding carboxylic acids is 1. The number of amides is 1. The Bertz CT molecular complexity index is 1070. The average Bonchev–Trinajstić information content (AvgIpc) is 2.69. The van der Waals surface area contributed by atoms with Crippen molar-refractivity contribution in [2.75, 3.05) is 25.3 Å². The van der Waals surface area contributed by atoms with Gasteiger partial charge < -0.3 is 19.8 Å². The summed E-state index contributed by atoms with van der Waals surface area (Å²) in [6.07, 6.45) is 0. The molecule has 0 aliphatic heterocycles. The largest absolute Gasteiger partial charge is 0.493 e. The minimum absolute atomic E-state index is 0.0853. The Balaban J connectivity index is 1.68. The van der Waals surface area contributed by atoms with Gasteiger partial charge in [-0.1, -0.05) is 12.1 Å². The average molecular weight is 403 g/mol. The number of aromatic nitrogens is 2. The van der Waals surface area contributed by atoms with Crippen LogP contribution in [0.15, 0.2) is 41.2 Å². The summed E-state index contributed by atoms with van der Waals surface area (Å²) >= 11 is 1.25. The number of para-hydroxylation sites is 1. The van der Waals surface area contributed by atoms with Crippen molar-refractivity contribution in [2.45, 2.75) is 5.75 Å². The normalized spacial score (nSPS) is 10.7. The maximum atomic E-state index is 13.6. The van der Waals surface area contributed by atoms with E-state index in [4.69, 9.17) is 9.47 Å². The molecule has 0 aliphatic rings. The van der Waals surface area contributed by atoms with Crippen molar-refractivity contribution in [3.8, 4) is 11.5 Å². The number of thioether (sulfide) groups is 1. The fourth-order valence-electron chi connectivity index (χ4n) is 2.57. The second-order valence-electron chi connectivity index (χ2n) is 5.76. The standard InChI is InChI=1S/C19H18FN3O4S/c1-26-15-7-11-14(8-16(15)27-2)21-17(23-19(11)25)9-28-10-18(24)22-13-6-4-3-5-12(13)20/h3-8H,9-10H2,1-2H3,(H,22,24)(H,21,23,25). The lowest BCUT2D eigenvalue weighted by Crippen LogP contribution is -2.16. The van der Waals surface area contributed by atoms with Crippen LogP contribution in [0.25, 0.3) is 10.9 Å². The molecule has 146 valence electrons. The van der Waals surface area contributed by atoms with Crippen LogP contribution in [-0.4, -0.2) is 35.8 Å². The number of H-pyrrole nitrogens is 1. The fourth-order valence-corrected chi connectivity index (χ4v) is 3.26. The molecule has 1 heterocycles. The second kappa shape index (κ2) is 8.75. The van der Waals surface area contributed by atoms with Gasteiger partial charge in [-0.3, -0.25) is 9.59 Å². The van der Waals surface area contributed by atoms with Gasteiger partial charge in [0, 0.05) is 6.07 Å². The zero-order valence-electron chi connectivity index (χ0n) is 15.2. The van der Waals surface area contributed by atoms with Crippen LogP contribution >= 0.6 is 11.8 Å². The first kappa shape index (κ1) is 19.7. The molecule has 1 amide bonds. The number of benzene rings is 2. The summed E-state index contributed by atoms with van der Waals surface area (Å²) in [5, 5.41) is 2.89. The van der Waals surface area contributed by atoms with Crippen molar-refractivity contribution in [3.63, 3.8) is 0 Å². The van der Waals surface area contributed by atoms with Gasteiger partial charge in [-0.15, -0.1) is 11.8 Å². The number of rotatable bonds is 7. The van der Waals surface area contributed by atoms with Gasteiger partial charge in [0.2, 0.25) is 5.91 Å². The Hall–Kier alpha value is -3.07. The summed E-state index contributed by atoms with van der Waals surface area (Å²) < 4.78 is 24.0. The Kier molecular flexibility index (Phi) is 6.15. The van der Waals surface area contributed by atoms with Crippen LogP contribution < -0.4 is 20.3 Å². The highest BCUT2D eigenvalue weighted by molar-refractivity contribution is 7.99. The number of nitrogens with zero attached hydrogens (tertiary/aromatic N) is 1. The van der Waals surface area contributed by atoms with Crippen molar-refractivity contribution < 1.29 is 18.7 Å². The molecule has 0 atom stereocenters. The van der Waals surface area contributed by atoms with Gasteiger partial charge in [-0.05, 0) is 18.2 Å². The summed E-state index contributed by atoms with van der Waals surface area (Å²) in [7, 11) is 2.99. The first-order chi connectivity index (χ1) is 13.5. The van der Waals surface area contributed by atoms with Crippen LogP contribution in [0.2, 0.25) is 0 Å². The molecule has 0 fully saturated rings. The molecule has 0 radical (unpaired) electrons. The molecule has 0 saturated heterocycles. The molecule has 2 N–H and O–H groups in total. The minimum atomic E-state index is -0.495. The molecule has 7 nitrogen and oxygen atoms in total. The van der Waals surface area contributed by atoms with E-state index in [9.17, 15) is 14.0 Å². The van der Waals surface area contributed by atoms with Crippen LogP contribution in [-0.2, 0) is 10.5 Å². The lowest BCUT2D eigenvalue weighted by atomic mass is 10.2. The summed E-state index contributed by atoms with van der Waals surface area (Å²) in [5.41, 5.74) is 0.288. The minimum Gasteiger partial charge on any atom is -0.493 e. The summed E-state index contributed by atoms with van der Waals surface area (Å²) in [6.45, 7) is 0. The summed E-state index contributed by atoms with van der Waals surface area (Å²) in [5.74, 6) is 0.890. The third kappa shape index (κ3) is 4.42. The fraction of sp³-hybridized carbons (Fsp3) is 0.211. The SMILES string of the molecule is COc1cc2nc(CSCC(=O)Nc3ccccc3F)[nH]c(=O)c2cc1OC. The zero-order valence-corrected chi connectivity index (χ0v) is 16.1. The first-order valence-electron chi connectivity index (χ1n) is 8.29. The van der Waals surface area contributed by atoms with Gasteiger partial charge in [-0.25, -0.2) is 9.37 Å². The Morgan fingerprint density at radius 2 is 1.93 bits per heavy atom. The quantitative estimate of drug-likeness (QED) is 0.630. The van der Waals surface area contributed by atoms with Crippen molar-refractivity contribution in [3.05, 3.63) is 58.4 Å². The van der Waals surface area contributed by atoms with Crippen molar-refractivity contribution in [1.82, 2.24) is 9.97 Å². The van der Waals surface area contributed by atoms with Gasteiger partial charge in [0.25, 0.3) is 5.56 Å². The molecular weight excluding hydrogens is 385 g/mol. The van der Waals surface area contributed by atoms with Crippen LogP contribution in [0.3, 0.4) is 0 Å². The van der Waals surface area contributed by atoms with Crippen molar-refractivity contribution in [1.29, 1.82) is 0 Å². The smallest absolute Gasteiger partial charge is 0.258 e. The number of fused-ring (bicyclic) bond motifs is 1. The number of halogens is 1. The highest BCUT2D eigenvalue weighted by Crippen LogP contribution is 2.30. The summed E-state index contributed by atoms with van der Waals surface area (Å²) in [6, 6.07) is 9.14. The van der Waals surface area contributed by atoms with Gasteiger partial charge in [0.05, 0.1) is 42.3 Å². The number of ether oxygens (including phenoxy) is 2. The Morgan fingerprint density at radius 3 is 2.64 bits per heavy atom. The molecular formula is C19H18FN3O4S. The van der Waals surface area contributed by atoms with Crippen molar-refractivity contribution in [2.24, 2.45) is 0 Å². The zero-order chi connectivity index (χ0) is 20.1. The van der Waals surface area contributed by atoms with E-state index < -0.39 is 5.82 Å². The Labute approximate surface area is 164 Å². The van der Waals surface area contributed by atoms with E-state index in [1.165, 1.54) is 38.1 Å². The van der Waals surface area contributed by atoms with E-state index in [1.54, 1.807) is 24.3 Å². The number of methoxy groups -OCH3 is 2. The number of carbonyl (C=O) groups is 1. The highest BCUT2D eigenvalue weighted by atomic mass is 32.2. The molecule has 3 aromatic rings. The van der Waals surface area contributed by atoms with Gasteiger partial charge in [0.15, 0.2) is 11.5 Å². The molecule has 9 heteroatoms. The summed E-state index contributed by atoms with van der Waals surface area (Å²) in [4.78, 5) is 31.4. The third-order valence-electron chi connectivity index (χ3n) is 3.88. The Morgan fingerprint density at radius 1 is 1.21 bits per heavy atom. The molecule has 2 aromatic carbocycles. The van der Waals surface area contributed by atoms with Crippen LogP contribution in [0, 0.1) is 5.82 Å². The van der Waals surface area contributed by atoms with E-state index in [-0.39, 0.29) is 22.9 Å².